The molecular formula is C18H24N6O. The van der Waals surface area contributed by atoms with Gasteiger partial charge in [0, 0.05) is 50.8 Å². The zero-order chi connectivity index (χ0) is 17.6. The maximum absolute atomic E-state index is 12.8. The molecule has 2 aromatic heterocycles. The van der Waals surface area contributed by atoms with Crippen molar-refractivity contribution < 1.29 is 4.79 Å². The van der Waals surface area contributed by atoms with E-state index in [0.717, 1.165) is 44.0 Å². The predicted octanol–water partition coefficient (Wildman–Crippen LogP) is 1.57. The van der Waals surface area contributed by atoms with Crippen molar-refractivity contribution in [2.45, 2.75) is 20.4 Å². The smallest absolute Gasteiger partial charge is 0.272 e. The van der Waals surface area contributed by atoms with Gasteiger partial charge in [0.15, 0.2) is 0 Å². The van der Waals surface area contributed by atoms with Crippen molar-refractivity contribution in [1.82, 2.24) is 24.8 Å². The molecule has 0 saturated carbocycles. The molecule has 0 radical (unpaired) electrons. The van der Waals surface area contributed by atoms with Gasteiger partial charge in [-0.05, 0) is 37.2 Å². The summed E-state index contributed by atoms with van der Waals surface area (Å²) in [5, 5.41) is 3.19. The Morgan fingerprint density at radius 1 is 1.16 bits per heavy atom. The largest absolute Gasteiger partial charge is 0.350 e. The lowest BCUT2D eigenvalue weighted by molar-refractivity contribution is 0.0637. The molecule has 3 heterocycles. The van der Waals surface area contributed by atoms with Gasteiger partial charge in [0.05, 0.1) is 0 Å². The Balaban J connectivity index is 1.67. The summed E-state index contributed by atoms with van der Waals surface area (Å²) in [4.78, 5) is 29.8. The first-order chi connectivity index (χ1) is 12.2. The van der Waals surface area contributed by atoms with E-state index in [1.165, 1.54) is 0 Å². The molecule has 0 spiro atoms. The topological polar surface area (TPSA) is 74.2 Å². The van der Waals surface area contributed by atoms with E-state index in [0.29, 0.717) is 18.2 Å². The molecule has 7 nitrogen and oxygen atoms in total. The molecule has 0 bridgehead atoms. The quantitative estimate of drug-likeness (QED) is 0.891. The van der Waals surface area contributed by atoms with Crippen LogP contribution >= 0.6 is 0 Å². The van der Waals surface area contributed by atoms with Crippen LogP contribution in [0.1, 0.15) is 28.7 Å². The van der Waals surface area contributed by atoms with Crippen molar-refractivity contribution in [3.8, 4) is 0 Å². The number of carbonyl (C=O) groups excluding carboxylic acids is 1. The number of likely N-dealkylation sites (N-methyl/N-ethyl adjacent to an activating group) is 1. The van der Waals surface area contributed by atoms with Gasteiger partial charge in [-0.3, -0.25) is 9.78 Å². The van der Waals surface area contributed by atoms with Gasteiger partial charge in [-0.25, -0.2) is 9.97 Å². The van der Waals surface area contributed by atoms with E-state index >= 15 is 0 Å². The minimum Gasteiger partial charge on any atom is -0.350 e. The average molecular weight is 340 g/mol. The van der Waals surface area contributed by atoms with E-state index in [4.69, 9.17) is 0 Å². The third-order valence-corrected chi connectivity index (χ3v) is 4.38. The number of nitrogens with zero attached hydrogens (tertiary/aromatic N) is 5. The van der Waals surface area contributed by atoms with E-state index in [-0.39, 0.29) is 5.91 Å². The first kappa shape index (κ1) is 17.3. The van der Waals surface area contributed by atoms with Gasteiger partial charge in [-0.1, -0.05) is 6.92 Å². The van der Waals surface area contributed by atoms with Crippen molar-refractivity contribution in [3.63, 3.8) is 0 Å². The van der Waals surface area contributed by atoms with Crippen molar-refractivity contribution >= 4 is 11.9 Å². The fraction of sp³-hybridized carbons (Fsp3) is 0.444. The molecule has 0 aliphatic carbocycles. The number of hydrogen-bond acceptors (Lipinski definition) is 6. The molecule has 1 fully saturated rings. The highest BCUT2D eigenvalue weighted by molar-refractivity contribution is 5.92. The molecule has 132 valence electrons. The maximum atomic E-state index is 12.8. The van der Waals surface area contributed by atoms with Crippen molar-refractivity contribution in [1.29, 1.82) is 0 Å². The zero-order valence-corrected chi connectivity index (χ0v) is 14.8. The molecule has 7 heteroatoms. The Hall–Kier alpha value is -2.54. The summed E-state index contributed by atoms with van der Waals surface area (Å²) >= 11 is 0. The van der Waals surface area contributed by atoms with Crippen molar-refractivity contribution in [2.75, 3.05) is 38.0 Å². The minimum absolute atomic E-state index is 0.0202. The third-order valence-electron chi connectivity index (χ3n) is 4.38. The van der Waals surface area contributed by atoms with Gasteiger partial charge in [0.2, 0.25) is 5.95 Å². The normalized spacial score (nSPS) is 15.2. The molecule has 1 saturated heterocycles. The highest BCUT2D eigenvalue weighted by Crippen LogP contribution is 2.11. The van der Waals surface area contributed by atoms with E-state index < -0.39 is 0 Å². The molecular weight excluding hydrogens is 316 g/mol. The summed E-state index contributed by atoms with van der Waals surface area (Å²) in [6, 6.07) is 5.62. The van der Waals surface area contributed by atoms with Crippen LogP contribution in [0.25, 0.3) is 0 Å². The van der Waals surface area contributed by atoms with E-state index in [2.05, 4.69) is 32.1 Å². The molecule has 3 rings (SSSR count). The number of piperazine rings is 1. The van der Waals surface area contributed by atoms with Crippen LogP contribution in [0.4, 0.5) is 5.95 Å². The molecule has 25 heavy (non-hydrogen) atoms. The second-order valence-electron chi connectivity index (χ2n) is 6.15. The van der Waals surface area contributed by atoms with Gasteiger partial charge < -0.3 is 15.1 Å². The number of amides is 1. The molecule has 1 N–H and O–H groups in total. The van der Waals surface area contributed by atoms with Crippen LogP contribution in [0.5, 0.6) is 0 Å². The molecule has 2 aromatic rings. The molecule has 1 aliphatic rings. The maximum Gasteiger partial charge on any atom is 0.272 e. The van der Waals surface area contributed by atoms with E-state index in [1.807, 2.05) is 24.0 Å². The number of pyridine rings is 1. The summed E-state index contributed by atoms with van der Waals surface area (Å²) in [5.41, 5.74) is 2.32. The molecule has 0 atom stereocenters. The predicted molar refractivity (Wildman–Crippen MR) is 96.4 cm³/mol. The standard InChI is InChI=1S/C18H24N6O/c1-3-23-8-10-24(11-9-23)17(25)16-12-14(2)21-18(22-16)20-13-15-4-6-19-7-5-15/h4-7,12H,3,8-11,13H2,1-2H3,(H,20,21,22). The summed E-state index contributed by atoms with van der Waals surface area (Å²) in [7, 11) is 0. The Kier molecular flexibility index (Phi) is 5.55. The number of anilines is 1. The minimum atomic E-state index is -0.0202. The second kappa shape index (κ2) is 8.02. The van der Waals surface area contributed by atoms with E-state index in [1.54, 1.807) is 18.5 Å². The number of nitrogens with one attached hydrogen (secondary N) is 1. The van der Waals surface area contributed by atoms with Crippen molar-refractivity contribution in [2.24, 2.45) is 0 Å². The third kappa shape index (κ3) is 4.51. The number of hydrogen-bond donors (Lipinski definition) is 1. The Morgan fingerprint density at radius 3 is 2.56 bits per heavy atom. The van der Waals surface area contributed by atoms with Crippen LogP contribution in [0.15, 0.2) is 30.6 Å². The zero-order valence-electron chi connectivity index (χ0n) is 14.8. The lowest BCUT2D eigenvalue weighted by Crippen LogP contribution is -2.48. The second-order valence-corrected chi connectivity index (χ2v) is 6.15. The molecule has 0 unspecified atom stereocenters. The van der Waals surface area contributed by atoms with Crippen LogP contribution in [0.3, 0.4) is 0 Å². The lowest BCUT2D eigenvalue weighted by Gasteiger charge is -2.33. The van der Waals surface area contributed by atoms with Crippen LogP contribution in [0.2, 0.25) is 0 Å². The number of rotatable bonds is 5. The number of aromatic nitrogens is 3. The molecule has 1 aliphatic heterocycles. The van der Waals surface area contributed by atoms with Crippen LogP contribution in [0, 0.1) is 6.92 Å². The van der Waals surface area contributed by atoms with Crippen molar-refractivity contribution in [3.05, 3.63) is 47.5 Å². The van der Waals surface area contributed by atoms with Crippen LogP contribution in [-0.2, 0) is 6.54 Å². The number of aryl methyl sites for hydroxylation is 1. The van der Waals surface area contributed by atoms with Crippen LogP contribution < -0.4 is 5.32 Å². The van der Waals surface area contributed by atoms with Gasteiger partial charge in [0.25, 0.3) is 5.91 Å². The summed E-state index contributed by atoms with van der Waals surface area (Å²) in [6.45, 7) is 8.97. The SMILES string of the molecule is CCN1CCN(C(=O)c2cc(C)nc(NCc3ccncc3)n2)CC1. The monoisotopic (exact) mass is 340 g/mol. The highest BCUT2D eigenvalue weighted by Gasteiger charge is 2.23. The Morgan fingerprint density at radius 2 is 1.88 bits per heavy atom. The van der Waals surface area contributed by atoms with Gasteiger partial charge in [-0.2, -0.15) is 0 Å². The van der Waals surface area contributed by atoms with Gasteiger partial charge in [0.1, 0.15) is 5.69 Å². The summed E-state index contributed by atoms with van der Waals surface area (Å²) in [5.74, 6) is 0.459. The Bertz CT molecular complexity index is 713. The first-order valence-corrected chi connectivity index (χ1v) is 8.66. The average Bonchev–Trinajstić information content (AvgIpc) is 2.66. The van der Waals surface area contributed by atoms with Crippen LogP contribution in [-0.4, -0.2) is 63.4 Å². The summed E-state index contributed by atoms with van der Waals surface area (Å²) in [6.07, 6.45) is 3.50. The fourth-order valence-corrected chi connectivity index (χ4v) is 2.87. The highest BCUT2D eigenvalue weighted by atomic mass is 16.2. The van der Waals surface area contributed by atoms with Gasteiger partial charge >= 0.3 is 0 Å². The number of carbonyl (C=O) groups is 1. The lowest BCUT2D eigenvalue weighted by atomic mass is 10.2. The Labute approximate surface area is 148 Å². The summed E-state index contributed by atoms with van der Waals surface area (Å²) < 4.78 is 0. The van der Waals surface area contributed by atoms with E-state index in [9.17, 15) is 4.79 Å². The first-order valence-electron chi connectivity index (χ1n) is 8.66. The van der Waals surface area contributed by atoms with Gasteiger partial charge in [-0.15, -0.1) is 0 Å². The molecule has 1 amide bonds. The fourth-order valence-electron chi connectivity index (χ4n) is 2.87. The molecule has 0 aromatic carbocycles.